The Labute approximate surface area is 244 Å². The highest BCUT2D eigenvalue weighted by atomic mass is 16.7. The fraction of sp³-hybridized carbons (Fsp3) is 0.226. The Balaban J connectivity index is 1.57. The van der Waals surface area contributed by atoms with Gasteiger partial charge in [0.15, 0.2) is 5.76 Å². The number of allylic oxidation sites excluding steroid dienone is 5. The summed E-state index contributed by atoms with van der Waals surface area (Å²) in [5.74, 6) is -2.34. The number of fused-ring (bicyclic) bond motifs is 1. The van der Waals surface area contributed by atoms with Gasteiger partial charge >= 0.3 is 5.97 Å². The van der Waals surface area contributed by atoms with Gasteiger partial charge in [0, 0.05) is 30.2 Å². The molecule has 226 valence electrons. The van der Waals surface area contributed by atoms with Gasteiger partial charge in [-0.3, -0.25) is 4.79 Å². The molecule has 1 aliphatic heterocycles. The van der Waals surface area contributed by atoms with E-state index in [1.54, 1.807) is 13.0 Å². The Morgan fingerprint density at radius 2 is 1.79 bits per heavy atom. The number of hydrogen-bond acceptors (Lipinski definition) is 12. The summed E-state index contributed by atoms with van der Waals surface area (Å²) in [5.41, 5.74) is -0.0563. The van der Waals surface area contributed by atoms with Crippen LogP contribution in [-0.2, 0) is 14.3 Å². The molecule has 4 rings (SSSR count). The maximum Gasteiger partial charge on any atom is 0.330 e. The van der Waals surface area contributed by atoms with Crippen LogP contribution in [0.3, 0.4) is 0 Å². The van der Waals surface area contributed by atoms with Crippen LogP contribution >= 0.6 is 0 Å². The number of benzene rings is 2. The molecule has 1 saturated heterocycles. The zero-order valence-corrected chi connectivity index (χ0v) is 22.9. The Bertz CT molecular complexity index is 1650. The number of carbonyl (C=O) groups excluding carboxylic acids is 1. The highest BCUT2D eigenvalue weighted by Crippen LogP contribution is 2.37. The SMILES string of the molecule is C=C\C(O)=C/C=C(C)/C=C/C(=O)OC[C@H]1O[C@@H](Oc2c(-c3ccc(O)cc3)oc3cc(O)cc(O)c3c2=O)C[C@@H](O)[C@@H]1O. The molecule has 0 saturated carbocycles. The minimum absolute atomic E-state index is 0.0539. The van der Waals surface area contributed by atoms with E-state index in [1.807, 2.05) is 0 Å². The Hall–Kier alpha value is -5.04. The smallest absolute Gasteiger partial charge is 0.330 e. The predicted molar refractivity (Wildman–Crippen MR) is 154 cm³/mol. The van der Waals surface area contributed by atoms with Crippen LogP contribution in [0.2, 0.25) is 0 Å². The molecule has 0 bridgehead atoms. The van der Waals surface area contributed by atoms with Gasteiger partial charge in [0.2, 0.25) is 17.5 Å². The summed E-state index contributed by atoms with van der Waals surface area (Å²) in [6.45, 7) is 4.63. The number of aliphatic hydroxyl groups excluding tert-OH is 3. The van der Waals surface area contributed by atoms with Crippen LogP contribution in [0.25, 0.3) is 22.3 Å². The normalized spacial score (nSPS) is 21.2. The summed E-state index contributed by atoms with van der Waals surface area (Å²) in [7, 11) is 0. The molecule has 2 aromatic carbocycles. The van der Waals surface area contributed by atoms with Crippen molar-refractivity contribution in [1.82, 2.24) is 0 Å². The summed E-state index contributed by atoms with van der Waals surface area (Å²) in [6.07, 6.45) is 1.04. The summed E-state index contributed by atoms with van der Waals surface area (Å²) in [4.78, 5) is 25.8. The van der Waals surface area contributed by atoms with Crippen molar-refractivity contribution in [3.63, 3.8) is 0 Å². The van der Waals surface area contributed by atoms with Crippen molar-refractivity contribution in [1.29, 1.82) is 0 Å². The second-order valence-corrected chi connectivity index (χ2v) is 9.66. The van der Waals surface area contributed by atoms with E-state index in [2.05, 4.69) is 6.58 Å². The third kappa shape index (κ3) is 7.43. The van der Waals surface area contributed by atoms with E-state index in [0.717, 1.165) is 18.2 Å². The van der Waals surface area contributed by atoms with E-state index in [9.17, 15) is 40.2 Å². The molecule has 0 spiro atoms. The van der Waals surface area contributed by atoms with Gasteiger partial charge in [-0.05, 0) is 43.3 Å². The number of phenols is 3. The second kappa shape index (κ2) is 13.3. The van der Waals surface area contributed by atoms with Crippen molar-refractivity contribution in [3.8, 4) is 34.3 Å². The molecule has 3 aromatic rings. The molecule has 0 radical (unpaired) electrons. The maximum atomic E-state index is 13.5. The second-order valence-electron chi connectivity index (χ2n) is 9.66. The molecule has 6 N–H and O–H groups in total. The van der Waals surface area contributed by atoms with E-state index in [0.29, 0.717) is 11.1 Å². The first-order chi connectivity index (χ1) is 20.5. The predicted octanol–water partition coefficient (Wildman–Crippen LogP) is 3.47. The van der Waals surface area contributed by atoms with Gasteiger partial charge in [-0.1, -0.05) is 24.3 Å². The van der Waals surface area contributed by atoms with E-state index < -0.39 is 54.1 Å². The minimum Gasteiger partial charge on any atom is -0.508 e. The van der Waals surface area contributed by atoms with Crippen LogP contribution in [0, 0.1) is 0 Å². The minimum atomic E-state index is -1.46. The van der Waals surface area contributed by atoms with Crippen molar-refractivity contribution < 1.29 is 54.1 Å². The van der Waals surface area contributed by atoms with Gasteiger partial charge < -0.3 is 49.3 Å². The van der Waals surface area contributed by atoms with Crippen LogP contribution < -0.4 is 10.2 Å². The van der Waals surface area contributed by atoms with Gasteiger partial charge in [0.25, 0.3) is 0 Å². The van der Waals surface area contributed by atoms with Gasteiger partial charge in [-0.2, -0.15) is 0 Å². The Kier molecular flexibility index (Phi) is 9.56. The topological polar surface area (TPSA) is 196 Å². The number of ether oxygens (including phenoxy) is 3. The fourth-order valence-corrected chi connectivity index (χ4v) is 4.19. The van der Waals surface area contributed by atoms with Crippen LogP contribution in [-0.4, -0.2) is 67.8 Å². The van der Waals surface area contributed by atoms with Crippen molar-refractivity contribution in [2.45, 2.75) is 37.9 Å². The lowest BCUT2D eigenvalue weighted by atomic mass is 10.0. The van der Waals surface area contributed by atoms with E-state index in [-0.39, 0.29) is 40.4 Å². The summed E-state index contributed by atoms with van der Waals surface area (Å²) < 4.78 is 22.6. The first kappa shape index (κ1) is 30.9. The lowest BCUT2D eigenvalue weighted by Gasteiger charge is -2.36. The number of hydrogen-bond donors (Lipinski definition) is 6. The molecule has 0 unspecified atom stereocenters. The first-order valence-corrected chi connectivity index (χ1v) is 13.0. The number of rotatable bonds is 9. The number of aliphatic hydroxyl groups is 3. The van der Waals surface area contributed by atoms with Crippen LogP contribution in [0.5, 0.6) is 23.0 Å². The zero-order chi connectivity index (χ0) is 31.3. The lowest BCUT2D eigenvalue weighted by Crippen LogP contribution is -2.52. The van der Waals surface area contributed by atoms with Crippen molar-refractivity contribution in [3.05, 3.63) is 94.9 Å². The quantitative estimate of drug-likeness (QED) is 0.0915. The van der Waals surface area contributed by atoms with E-state index >= 15 is 0 Å². The van der Waals surface area contributed by atoms with Crippen molar-refractivity contribution in [2.24, 2.45) is 0 Å². The van der Waals surface area contributed by atoms with E-state index in [4.69, 9.17) is 18.6 Å². The standard InChI is InChI=1S/C31H30O12/c1-3-18(32)8-4-16(2)5-11-25(37)40-15-24-28(38)22(36)14-26(41-24)43-31-29(39)27-21(35)12-20(34)13-23(27)42-30(31)17-6-9-19(33)10-7-17/h3-13,22,24,26,28,32-36,38H,1,14-15H2,2H3/b11-5+,16-4+,18-8+/t22-,24-,26+,28+/m1/s1. The summed E-state index contributed by atoms with van der Waals surface area (Å²) in [6, 6.07) is 7.68. The number of phenolic OH excluding ortho intramolecular Hbond substituents is 3. The largest absolute Gasteiger partial charge is 0.508 e. The van der Waals surface area contributed by atoms with Gasteiger partial charge in [0.1, 0.15) is 52.8 Å². The fourth-order valence-electron chi connectivity index (χ4n) is 4.19. The molecule has 1 fully saturated rings. The average molecular weight is 595 g/mol. The monoisotopic (exact) mass is 594 g/mol. The van der Waals surface area contributed by atoms with Crippen LogP contribution in [0.15, 0.2) is 93.9 Å². The molecule has 0 aliphatic carbocycles. The van der Waals surface area contributed by atoms with E-state index in [1.165, 1.54) is 42.5 Å². The molecule has 43 heavy (non-hydrogen) atoms. The zero-order valence-electron chi connectivity index (χ0n) is 22.9. The first-order valence-electron chi connectivity index (χ1n) is 13.0. The molecule has 12 heteroatoms. The number of esters is 1. The maximum absolute atomic E-state index is 13.5. The molecule has 12 nitrogen and oxygen atoms in total. The molecule has 0 amide bonds. The molecular weight excluding hydrogens is 564 g/mol. The molecule has 1 aliphatic rings. The number of carbonyl (C=O) groups is 1. The van der Waals surface area contributed by atoms with Crippen LogP contribution in [0.1, 0.15) is 13.3 Å². The highest BCUT2D eigenvalue weighted by molar-refractivity contribution is 5.88. The average Bonchev–Trinajstić information content (AvgIpc) is 2.97. The third-order valence-corrected chi connectivity index (χ3v) is 6.43. The summed E-state index contributed by atoms with van der Waals surface area (Å²) in [5, 5.41) is 60.0. The lowest BCUT2D eigenvalue weighted by molar-refractivity contribution is -0.232. The number of aromatic hydroxyl groups is 3. The molecular formula is C31H30O12. The van der Waals surface area contributed by atoms with Crippen LogP contribution in [0.4, 0.5) is 0 Å². The third-order valence-electron chi connectivity index (χ3n) is 6.43. The van der Waals surface area contributed by atoms with Gasteiger partial charge in [0.05, 0.1) is 6.10 Å². The molecule has 2 heterocycles. The highest BCUT2D eigenvalue weighted by Gasteiger charge is 2.39. The molecule has 1 aromatic heterocycles. The summed E-state index contributed by atoms with van der Waals surface area (Å²) >= 11 is 0. The Morgan fingerprint density at radius 3 is 2.49 bits per heavy atom. The Morgan fingerprint density at radius 1 is 1.07 bits per heavy atom. The van der Waals surface area contributed by atoms with Crippen molar-refractivity contribution in [2.75, 3.05) is 6.61 Å². The van der Waals surface area contributed by atoms with Gasteiger partial charge in [-0.25, -0.2) is 4.79 Å². The van der Waals surface area contributed by atoms with Crippen molar-refractivity contribution >= 4 is 16.9 Å². The van der Waals surface area contributed by atoms with Gasteiger partial charge in [-0.15, -0.1) is 0 Å². The molecule has 4 atom stereocenters.